The third-order valence-corrected chi connectivity index (χ3v) is 2.27. The lowest BCUT2D eigenvalue weighted by molar-refractivity contribution is -0.384. The molecule has 0 aliphatic carbocycles. The Kier molecular flexibility index (Phi) is 2.97. The first kappa shape index (κ1) is 11.4. The van der Waals surface area contributed by atoms with E-state index in [-0.39, 0.29) is 22.1 Å². The van der Waals surface area contributed by atoms with Crippen molar-refractivity contribution < 1.29 is 9.31 Å². The Balaban J connectivity index is 2.63. The summed E-state index contributed by atoms with van der Waals surface area (Å²) >= 11 is 5.66. The summed E-state index contributed by atoms with van der Waals surface area (Å²) < 4.78 is 12.9. The molecule has 0 saturated heterocycles. The van der Waals surface area contributed by atoms with Crippen molar-refractivity contribution in [3.63, 3.8) is 0 Å². The molecule has 1 aromatic heterocycles. The van der Waals surface area contributed by atoms with Gasteiger partial charge in [-0.1, -0.05) is 11.6 Å². The maximum absolute atomic E-state index is 12.9. The van der Waals surface area contributed by atoms with E-state index in [1.54, 1.807) is 0 Å². The van der Waals surface area contributed by atoms with Crippen molar-refractivity contribution in [1.29, 1.82) is 0 Å². The molecule has 5 nitrogen and oxygen atoms in total. The van der Waals surface area contributed by atoms with Gasteiger partial charge in [0.25, 0.3) is 5.69 Å². The van der Waals surface area contributed by atoms with Crippen LogP contribution < -0.4 is 0 Å². The lowest BCUT2D eigenvalue weighted by atomic mass is 10.1. The highest BCUT2D eigenvalue weighted by atomic mass is 35.5. The van der Waals surface area contributed by atoms with Crippen LogP contribution in [0.5, 0.6) is 0 Å². The quantitative estimate of drug-likeness (QED) is 0.469. The van der Waals surface area contributed by atoms with Crippen molar-refractivity contribution in [2.75, 3.05) is 0 Å². The highest BCUT2D eigenvalue weighted by Crippen LogP contribution is 2.29. The maximum Gasteiger partial charge on any atom is 0.281 e. The molecular formula is C10H5ClFN3O2. The standard InChI is InChI=1S/C10H5ClFN3O2/c11-10-4-8(13-5-14-10)7-2-1-6(12)3-9(7)15(16)17/h1-5H. The van der Waals surface area contributed by atoms with Crippen molar-refractivity contribution in [1.82, 2.24) is 9.97 Å². The lowest BCUT2D eigenvalue weighted by Crippen LogP contribution is -1.95. The Hall–Kier alpha value is -2.08. The van der Waals surface area contributed by atoms with E-state index in [4.69, 9.17) is 11.6 Å². The lowest BCUT2D eigenvalue weighted by Gasteiger charge is -2.02. The van der Waals surface area contributed by atoms with E-state index in [0.29, 0.717) is 0 Å². The maximum atomic E-state index is 12.9. The zero-order valence-electron chi connectivity index (χ0n) is 8.30. The molecule has 2 rings (SSSR count). The fourth-order valence-electron chi connectivity index (χ4n) is 1.35. The van der Waals surface area contributed by atoms with Gasteiger partial charge in [-0.25, -0.2) is 14.4 Å². The summed E-state index contributed by atoms with van der Waals surface area (Å²) in [6.07, 6.45) is 1.19. The number of nitro benzene ring substituents is 1. The second kappa shape index (κ2) is 4.42. The zero-order chi connectivity index (χ0) is 12.4. The average Bonchev–Trinajstić information content (AvgIpc) is 2.28. The molecule has 0 spiro atoms. The molecule has 7 heteroatoms. The summed E-state index contributed by atoms with van der Waals surface area (Å²) in [5.74, 6) is -0.680. The van der Waals surface area contributed by atoms with Crippen molar-refractivity contribution in [3.05, 3.63) is 51.7 Å². The molecule has 0 radical (unpaired) electrons. The molecule has 0 amide bonds. The van der Waals surface area contributed by atoms with Crippen molar-refractivity contribution in [3.8, 4) is 11.3 Å². The van der Waals surface area contributed by atoms with Gasteiger partial charge in [-0.05, 0) is 12.1 Å². The van der Waals surface area contributed by atoms with Crippen LogP contribution in [0.3, 0.4) is 0 Å². The molecule has 0 N–H and O–H groups in total. The minimum Gasteiger partial charge on any atom is -0.258 e. The van der Waals surface area contributed by atoms with E-state index < -0.39 is 10.7 Å². The topological polar surface area (TPSA) is 68.9 Å². The third-order valence-electron chi connectivity index (χ3n) is 2.07. The fourth-order valence-corrected chi connectivity index (χ4v) is 1.50. The number of halogens is 2. The van der Waals surface area contributed by atoms with E-state index in [9.17, 15) is 14.5 Å². The Bertz CT molecular complexity index is 592. The summed E-state index contributed by atoms with van der Waals surface area (Å²) in [6, 6.07) is 4.62. The van der Waals surface area contributed by atoms with Gasteiger partial charge >= 0.3 is 0 Å². The molecule has 17 heavy (non-hydrogen) atoms. The monoisotopic (exact) mass is 253 g/mol. The fraction of sp³-hybridized carbons (Fsp3) is 0. The number of nitro groups is 1. The molecule has 0 aliphatic rings. The second-order valence-corrected chi connectivity index (χ2v) is 3.53. The molecule has 0 bridgehead atoms. The molecule has 0 unspecified atom stereocenters. The SMILES string of the molecule is O=[N+]([O-])c1cc(F)ccc1-c1cc(Cl)ncn1. The number of aromatic nitrogens is 2. The molecule has 0 aliphatic heterocycles. The number of hydrogen-bond acceptors (Lipinski definition) is 4. The normalized spacial score (nSPS) is 10.2. The van der Waals surface area contributed by atoms with Gasteiger partial charge in [-0.15, -0.1) is 0 Å². The Morgan fingerprint density at radius 3 is 2.71 bits per heavy atom. The van der Waals surface area contributed by atoms with E-state index in [1.165, 1.54) is 18.5 Å². The van der Waals surface area contributed by atoms with Gasteiger partial charge in [0.1, 0.15) is 17.3 Å². The Labute approximate surface area is 100 Å². The average molecular weight is 254 g/mol. The molecule has 86 valence electrons. The van der Waals surface area contributed by atoms with Gasteiger partial charge in [0.05, 0.1) is 22.2 Å². The van der Waals surface area contributed by atoms with Crippen LogP contribution in [0, 0.1) is 15.9 Å². The molecule has 0 fully saturated rings. The van der Waals surface area contributed by atoms with Crippen LogP contribution in [0.2, 0.25) is 5.15 Å². The van der Waals surface area contributed by atoms with Gasteiger partial charge in [0, 0.05) is 6.07 Å². The Morgan fingerprint density at radius 2 is 2.06 bits per heavy atom. The zero-order valence-corrected chi connectivity index (χ0v) is 9.06. The summed E-state index contributed by atoms with van der Waals surface area (Å²) in [6.45, 7) is 0. The summed E-state index contributed by atoms with van der Waals surface area (Å²) in [5.41, 5.74) is 0.108. The van der Waals surface area contributed by atoms with Crippen LogP contribution in [0.4, 0.5) is 10.1 Å². The van der Waals surface area contributed by atoms with E-state index in [1.807, 2.05) is 0 Å². The van der Waals surface area contributed by atoms with Crippen LogP contribution in [0.1, 0.15) is 0 Å². The van der Waals surface area contributed by atoms with Crippen LogP contribution in [0.15, 0.2) is 30.6 Å². The molecule has 1 aromatic carbocycles. The van der Waals surface area contributed by atoms with E-state index >= 15 is 0 Å². The minimum absolute atomic E-state index is 0.161. The van der Waals surface area contributed by atoms with Crippen LogP contribution in [0.25, 0.3) is 11.3 Å². The molecule has 1 heterocycles. The minimum atomic E-state index is -0.680. The summed E-state index contributed by atoms with van der Waals surface area (Å²) in [4.78, 5) is 17.7. The number of rotatable bonds is 2. The number of hydrogen-bond donors (Lipinski definition) is 0. The highest BCUT2D eigenvalue weighted by Gasteiger charge is 2.17. The highest BCUT2D eigenvalue weighted by molar-refractivity contribution is 6.29. The predicted octanol–water partition coefficient (Wildman–Crippen LogP) is 2.84. The van der Waals surface area contributed by atoms with Crippen molar-refractivity contribution in [2.24, 2.45) is 0 Å². The van der Waals surface area contributed by atoms with Crippen molar-refractivity contribution >= 4 is 17.3 Å². The van der Waals surface area contributed by atoms with Crippen molar-refractivity contribution in [2.45, 2.75) is 0 Å². The number of benzene rings is 1. The predicted molar refractivity (Wildman–Crippen MR) is 59.1 cm³/mol. The molecule has 0 atom stereocenters. The van der Waals surface area contributed by atoms with Gasteiger partial charge in [-0.3, -0.25) is 10.1 Å². The van der Waals surface area contributed by atoms with Gasteiger partial charge in [0.2, 0.25) is 0 Å². The van der Waals surface area contributed by atoms with Crippen LogP contribution in [-0.4, -0.2) is 14.9 Å². The smallest absolute Gasteiger partial charge is 0.258 e. The van der Waals surface area contributed by atoms with Gasteiger partial charge < -0.3 is 0 Å². The Morgan fingerprint density at radius 1 is 1.29 bits per heavy atom. The summed E-state index contributed by atoms with van der Waals surface area (Å²) in [7, 11) is 0. The van der Waals surface area contributed by atoms with Gasteiger partial charge in [-0.2, -0.15) is 0 Å². The summed E-state index contributed by atoms with van der Waals surface area (Å²) in [5, 5.41) is 11.0. The molecular weight excluding hydrogens is 249 g/mol. The first-order chi connectivity index (χ1) is 8.08. The largest absolute Gasteiger partial charge is 0.281 e. The first-order valence-electron chi connectivity index (χ1n) is 4.50. The second-order valence-electron chi connectivity index (χ2n) is 3.14. The van der Waals surface area contributed by atoms with Gasteiger partial charge in [0.15, 0.2) is 0 Å². The van der Waals surface area contributed by atoms with E-state index in [2.05, 4.69) is 9.97 Å². The van der Waals surface area contributed by atoms with Crippen LogP contribution in [-0.2, 0) is 0 Å². The molecule has 0 saturated carbocycles. The van der Waals surface area contributed by atoms with E-state index in [0.717, 1.165) is 12.1 Å². The first-order valence-corrected chi connectivity index (χ1v) is 4.87. The number of nitrogens with zero attached hydrogens (tertiary/aromatic N) is 3. The third kappa shape index (κ3) is 2.36. The van der Waals surface area contributed by atoms with Crippen LogP contribution >= 0.6 is 11.6 Å². The molecule has 2 aromatic rings.